The first-order chi connectivity index (χ1) is 16.8. The van der Waals surface area contributed by atoms with Gasteiger partial charge in [0.1, 0.15) is 11.6 Å². The number of anilines is 2. The summed E-state index contributed by atoms with van der Waals surface area (Å²) in [5, 5.41) is 0. The number of rotatable bonds is 11. The molecule has 0 bridgehead atoms. The third-order valence-electron chi connectivity index (χ3n) is 6.70. The lowest BCUT2D eigenvalue weighted by Crippen LogP contribution is -2.48. The molecule has 8 nitrogen and oxygen atoms in total. The van der Waals surface area contributed by atoms with Crippen molar-refractivity contribution in [2.45, 2.75) is 84.3 Å². The fourth-order valence-corrected chi connectivity index (χ4v) is 4.80. The van der Waals surface area contributed by atoms with Gasteiger partial charge < -0.3 is 10.6 Å². The number of hydrogen-bond donors (Lipinski definition) is 2. The molecule has 192 valence electrons. The van der Waals surface area contributed by atoms with Crippen LogP contribution in [0.5, 0.6) is 0 Å². The van der Waals surface area contributed by atoms with Crippen molar-refractivity contribution in [2.75, 3.05) is 23.7 Å². The SMILES string of the molecule is CCCCN(C(=O)CN(Cc1ccc(F)cc1)C1CCCCC1)c1c(N)n(CCC)c(=O)[nH]c1=O. The predicted octanol–water partition coefficient (Wildman–Crippen LogP) is 3.64. The van der Waals surface area contributed by atoms with Crippen LogP contribution < -0.4 is 21.9 Å². The number of nitrogens with one attached hydrogen (secondary N) is 1. The van der Waals surface area contributed by atoms with Crippen LogP contribution in [-0.2, 0) is 17.9 Å². The van der Waals surface area contributed by atoms with Gasteiger partial charge in [-0.1, -0.05) is 51.7 Å². The van der Waals surface area contributed by atoms with Crippen LogP contribution in [0.4, 0.5) is 15.9 Å². The number of benzene rings is 1. The zero-order valence-electron chi connectivity index (χ0n) is 20.9. The van der Waals surface area contributed by atoms with E-state index in [-0.39, 0.29) is 35.8 Å². The maximum absolute atomic E-state index is 13.7. The molecule has 35 heavy (non-hydrogen) atoms. The maximum atomic E-state index is 13.7. The van der Waals surface area contributed by atoms with Crippen molar-refractivity contribution in [3.05, 3.63) is 56.5 Å². The van der Waals surface area contributed by atoms with Crippen molar-refractivity contribution in [1.29, 1.82) is 0 Å². The minimum Gasteiger partial charge on any atom is -0.383 e. The van der Waals surface area contributed by atoms with Crippen LogP contribution in [0.1, 0.15) is 70.8 Å². The van der Waals surface area contributed by atoms with Gasteiger partial charge in [0.05, 0.1) is 6.54 Å². The molecule has 0 spiro atoms. The molecule has 1 aromatic carbocycles. The lowest BCUT2D eigenvalue weighted by Gasteiger charge is -2.35. The van der Waals surface area contributed by atoms with Crippen molar-refractivity contribution < 1.29 is 9.18 Å². The van der Waals surface area contributed by atoms with Crippen molar-refractivity contribution in [3.8, 4) is 0 Å². The number of carbonyl (C=O) groups excluding carboxylic acids is 1. The van der Waals surface area contributed by atoms with E-state index in [2.05, 4.69) is 9.88 Å². The molecule has 0 radical (unpaired) electrons. The summed E-state index contributed by atoms with van der Waals surface area (Å²) in [7, 11) is 0. The molecule has 1 aromatic heterocycles. The normalized spacial score (nSPS) is 14.4. The Morgan fingerprint density at radius 2 is 1.80 bits per heavy atom. The van der Waals surface area contributed by atoms with E-state index >= 15 is 0 Å². The summed E-state index contributed by atoms with van der Waals surface area (Å²) in [4.78, 5) is 44.8. The summed E-state index contributed by atoms with van der Waals surface area (Å²) in [5.41, 5.74) is 6.05. The lowest BCUT2D eigenvalue weighted by atomic mass is 9.93. The molecule has 9 heteroatoms. The second-order valence-electron chi connectivity index (χ2n) is 9.37. The Hall–Kier alpha value is -2.94. The van der Waals surface area contributed by atoms with Crippen molar-refractivity contribution >= 4 is 17.4 Å². The molecule has 3 N–H and O–H groups in total. The summed E-state index contributed by atoms with van der Waals surface area (Å²) in [6, 6.07) is 6.58. The summed E-state index contributed by atoms with van der Waals surface area (Å²) < 4.78 is 14.8. The molecule has 0 saturated heterocycles. The topological polar surface area (TPSA) is 104 Å². The first-order valence-corrected chi connectivity index (χ1v) is 12.8. The van der Waals surface area contributed by atoms with E-state index in [0.717, 1.165) is 37.7 Å². The van der Waals surface area contributed by atoms with Crippen molar-refractivity contribution in [2.24, 2.45) is 0 Å². The second-order valence-corrected chi connectivity index (χ2v) is 9.37. The Bertz CT molecular complexity index is 1090. The molecule has 0 unspecified atom stereocenters. The predicted molar refractivity (Wildman–Crippen MR) is 137 cm³/mol. The van der Waals surface area contributed by atoms with Crippen LogP contribution in [0.25, 0.3) is 0 Å². The molecule has 0 aliphatic heterocycles. The van der Waals surface area contributed by atoms with Gasteiger partial charge in [-0.3, -0.25) is 24.0 Å². The number of unbranched alkanes of at least 4 members (excludes halogenated alkanes) is 1. The smallest absolute Gasteiger partial charge is 0.330 e. The summed E-state index contributed by atoms with van der Waals surface area (Å²) in [6.45, 7) is 5.23. The van der Waals surface area contributed by atoms with Gasteiger partial charge in [0.25, 0.3) is 5.56 Å². The van der Waals surface area contributed by atoms with Gasteiger partial charge in [0.2, 0.25) is 5.91 Å². The highest BCUT2D eigenvalue weighted by atomic mass is 19.1. The van der Waals surface area contributed by atoms with E-state index in [9.17, 15) is 18.8 Å². The molecule has 1 aliphatic rings. The molecule has 1 amide bonds. The number of nitrogens with zero attached hydrogens (tertiary/aromatic N) is 3. The molecule has 1 fully saturated rings. The van der Waals surface area contributed by atoms with Crippen LogP contribution in [-0.4, -0.2) is 39.5 Å². The number of nitrogens with two attached hydrogens (primary N) is 1. The van der Waals surface area contributed by atoms with Crippen molar-refractivity contribution in [1.82, 2.24) is 14.5 Å². The number of halogens is 1. The average molecular weight is 488 g/mol. The molecule has 0 atom stereocenters. The minimum atomic E-state index is -0.646. The number of aromatic amines is 1. The minimum absolute atomic E-state index is 0.0211. The Morgan fingerprint density at radius 1 is 1.11 bits per heavy atom. The van der Waals surface area contributed by atoms with Gasteiger partial charge in [-0.15, -0.1) is 0 Å². The highest BCUT2D eigenvalue weighted by molar-refractivity contribution is 5.96. The van der Waals surface area contributed by atoms with Crippen LogP contribution >= 0.6 is 0 Å². The van der Waals surface area contributed by atoms with E-state index in [4.69, 9.17) is 5.73 Å². The summed E-state index contributed by atoms with van der Waals surface area (Å²) in [6.07, 6.45) is 7.56. The third-order valence-corrected chi connectivity index (χ3v) is 6.70. The number of nitrogen functional groups attached to an aromatic ring is 1. The number of carbonyl (C=O) groups is 1. The number of aromatic nitrogens is 2. The van der Waals surface area contributed by atoms with E-state index in [1.54, 1.807) is 12.1 Å². The van der Waals surface area contributed by atoms with Crippen LogP contribution in [0, 0.1) is 5.82 Å². The summed E-state index contributed by atoms with van der Waals surface area (Å²) in [5.74, 6) is -0.505. The van der Waals surface area contributed by atoms with E-state index in [1.807, 2.05) is 13.8 Å². The molecule has 2 aromatic rings. The molecule has 1 saturated carbocycles. The number of amides is 1. The van der Waals surface area contributed by atoms with Crippen LogP contribution in [0.2, 0.25) is 0 Å². The van der Waals surface area contributed by atoms with Gasteiger partial charge in [0.15, 0.2) is 5.69 Å². The quantitative estimate of drug-likeness (QED) is 0.504. The number of hydrogen-bond acceptors (Lipinski definition) is 5. The molecular weight excluding hydrogens is 449 g/mol. The molecule has 1 heterocycles. The van der Waals surface area contributed by atoms with E-state index in [0.29, 0.717) is 32.5 Å². The third kappa shape index (κ3) is 6.81. The fourth-order valence-electron chi connectivity index (χ4n) is 4.80. The zero-order chi connectivity index (χ0) is 25.4. The Morgan fingerprint density at radius 3 is 2.43 bits per heavy atom. The van der Waals surface area contributed by atoms with Gasteiger partial charge in [-0.2, -0.15) is 0 Å². The zero-order valence-corrected chi connectivity index (χ0v) is 20.9. The average Bonchev–Trinajstić information content (AvgIpc) is 2.85. The monoisotopic (exact) mass is 487 g/mol. The fraction of sp³-hybridized carbons (Fsp3) is 0.577. The second kappa shape index (κ2) is 12.7. The largest absolute Gasteiger partial charge is 0.383 e. The Balaban J connectivity index is 1.93. The van der Waals surface area contributed by atoms with Gasteiger partial charge in [-0.05, 0) is 43.4 Å². The standard InChI is InChI=1S/C26H38FN5O3/c1-3-5-16-31(23-24(28)32(15-4-2)26(35)29-25(23)34)22(33)18-30(21-9-7-6-8-10-21)17-19-11-13-20(27)14-12-19/h11-14,21H,3-10,15-18,28H2,1-2H3,(H,29,34,35). The molecule has 1 aliphatic carbocycles. The molecular formula is C26H38FN5O3. The van der Waals surface area contributed by atoms with E-state index < -0.39 is 11.2 Å². The lowest BCUT2D eigenvalue weighted by molar-refractivity contribution is -0.120. The Kier molecular flexibility index (Phi) is 9.65. The first-order valence-electron chi connectivity index (χ1n) is 12.8. The van der Waals surface area contributed by atoms with E-state index in [1.165, 1.54) is 28.0 Å². The molecule has 3 rings (SSSR count). The highest BCUT2D eigenvalue weighted by Gasteiger charge is 2.28. The van der Waals surface area contributed by atoms with Crippen LogP contribution in [0.15, 0.2) is 33.9 Å². The number of H-pyrrole nitrogens is 1. The van der Waals surface area contributed by atoms with Crippen LogP contribution in [0.3, 0.4) is 0 Å². The highest BCUT2D eigenvalue weighted by Crippen LogP contribution is 2.25. The van der Waals surface area contributed by atoms with Gasteiger partial charge in [-0.25, -0.2) is 9.18 Å². The van der Waals surface area contributed by atoms with Crippen molar-refractivity contribution in [3.63, 3.8) is 0 Å². The van der Waals surface area contributed by atoms with Gasteiger partial charge >= 0.3 is 5.69 Å². The summed E-state index contributed by atoms with van der Waals surface area (Å²) >= 11 is 0. The van der Waals surface area contributed by atoms with Gasteiger partial charge in [0, 0.05) is 25.7 Å². The first kappa shape index (κ1) is 26.7. The maximum Gasteiger partial charge on any atom is 0.330 e. The Labute approximate surface area is 205 Å².